The van der Waals surface area contributed by atoms with E-state index in [-0.39, 0.29) is 11.8 Å². The molecule has 1 saturated heterocycles. The van der Waals surface area contributed by atoms with Crippen molar-refractivity contribution >= 4 is 11.7 Å². The number of nitrogens with zero attached hydrogens (tertiary/aromatic N) is 3. The Morgan fingerprint density at radius 1 is 1.06 bits per heavy atom. The van der Waals surface area contributed by atoms with E-state index in [9.17, 15) is 4.79 Å². The van der Waals surface area contributed by atoms with Crippen LogP contribution >= 0.6 is 0 Å². The van der Waals surface area contributed by atoms with Crippen molar-refractivity contribution in [3.63, 3.8) is 0 Å². The Kier molecular flexibility index (Phi) is 7.07. The maximum Gasteiger partial charge on any atom is 0.225 e. The third-order valence-electron chi connectivity index (χ3n) is 6.06. The number of amides is 1. The normalized spacial score (nSPS) is 15.7. The average molecular weight is 447 g/mol. The molecule has 1 fully saturated rings. The summed E-state index contributed by atoms with van der Waals surface area (Å²) in [5.74, 6) is 2.17. The average Bonchev–Trinajstić information content (AvgIpc) is 2.87. The predicted octanol–water partition coefficient (Wildman–Crippen LogP) is 4.00. The zero-order valence-electron chi connectivity index (χ0n) is 19.4. The molecule has 33 heavy (non-hydrogen) atoms. The number of carbonyl (C=O) groups is 1. The highest BCUT2D eigenvalue weighted by molar-refractivity contribution is 5.79. The minimum atomic E-state index is -0.0958. The summed E-state index contributed by atoms with van der Waals surface area (Å²) in [6.45, 7) is 3.97. The summed E-state index contributed by atoms with van der Waals surface area (Å²) in [7, 11) is 3.23. The van der Waals surface area contributed by atoms with E-state index in [1.54, 1.807) is 14.2 Å². The molecule has 1 atom stereocenters. The van der Waals surface area contributed by atoms with Gasteiger partial charge in [-0.25, -0.2) is 0 Å². The van der Waals surface area contributed by atoms with E-state index in [1.165, 1.54) is 5.56 Å². The second kappa shape index (κ2) is 10.3. The number of hydrogen-bond acceptors (Lipinski definition) is 6. The highest BCUT2D eigenvalue weighted by Gasteiger charge is 2.26. The standard InChI is InChI=1S/C26H30N4O3/c1-18-6-8-19(9-7-18)23-12-13-25(29-28-23)30-14-4-5-21(17-30)26(31)27-16-20-10-11-22(32-2)15-24(20)33-3/h6-13,15,21H,4-5,14,16-17H2,1-3H3,(H,27,31). The molecule has 1 aliphatic rings. The second-order valence-electron chi connectivity index (χ2n) is 8.32. The smallest absolute Gasteiger partial charge is 0.225 e. The van der Waals surface area contributed by atoms with Crippen molar-refractivity contribution in [3.8, 4) is 22.8 Å². The number of anilines is 1. The lowest BCUT2D eigenvalue weighted by atomic mass is 9.97. The lowest BCUT2D eigenvalue weighted by Crippen LogP contribution is -2.43. The van der Waals surface area contributed by atoms with Gasteiger partial charge in [-0.05, 0) is 44.0 Å². The number of benzene rings is 2. The van der Waals surface area contributed by atoms with Gasteiger partial charge in [0.25, 0.3) is 0 Å². The van der Waals surface area contributed by atoms with E-state index < -0.39 is 0 Å². The molecule has 0 bridgehead atoms. The van der Waals surface area contributed by atoms with Gasteiger partial charge in [-0.15, -0.1) is 10.2 Å². The summed E-state index contributed by atoms with van der Waals surface area (Å²) < 4.78 is 10.7. The van der Waals surface area contributed by atoms with Crippen molar-refractivity contribution in [3.05, 3.63) is 65.7 Å². The van der Waals surface area contributed by atoms with Crippen LogP contribution in [0.25, 0.3) is 11.3 Å². The molecule has 172 valence electrons. The highest BCUT2D eigenvalue weighted by atomic mass is 16.5. The molecule has 0 saturated carbocycles. The molecule has 1 unspecified atom stereocenters. The summed E-state index contributed by atoms with van der Waals surface area (Å²) in [6.07, 6.45) is 1.79. The molecule has 1 aliphatic heterocycles. The number of aromatic nitrogens is 2. The van der Waals surface area contributed by atoms with Gasteiger partial charge >= 0.3 is 0 Å². The van der Waals surface area contributed by atoms with Gasteiger partial charge in [-0.3, -0.25) is 4.79 Å². The minimum absolute atomic E-state index is 0.0433. The van der Waals surface area contributed by atoms with Crippen molar-refractivity contribution in [2.45, 2.75) is 26.3 Å². The van der Waals surface area contributed by atoms with Gasteiger partial charge in [0.1, 0.15) is 11.5 Å². The molecule has 0 radical (unpaired) electrons. The quantitative estimate of drug-likeness (QED) is 0.591. The lowest BCUT2D eigenvalue weighted by Gasteiger charge is -2.32. The van der Waals surface area contributed by atoms with E-state index in [1.807, 2.05) is 30.3 Å². The fourth-order valence-corrected chi connectivity index (χ4v) is 4.10. The molecule has 7 heteroatoms. The number of aryl methyl sites for hydroxylation is 1. The van der Waals surface area contributed by atoms with Crippen LogP contribution < -0.4 is 19.7 Å². The Balaban J connectivity index is 1.37. The van der Waals surface area contributed by atoms with Gasteiger partial charge in [-0.2, -0.15) is 0 Å². The fraction of sp³-hybridized carbons (Fsp3) is 0.346. The second-order valence-corrected chi connectivity index (χ2v) is 8.32. The van der Waals surface area contributed by atoms with Crippen LogP contribution in [0.4, 0.5) is 5.82 Å². The van der Waals surface area contributed by atoms with Crippen molar-refractivity contribution in [1.82, 2.24) is 15.5 Å². The molecular weight excluding hydrogens is 416 g/mol. The Labute approximate surface area is 194 Å². The zero-order valence-corrected chi connectivity index (χ0v) is 19.4. The van der Waals surface area contributed by atoms with E-state index in [0.29, 0.717) is 18.8 Å². The van der Waals surface area contributed by atoms with Gasteiger partial charge in [0.15, 0.2) is 5.82 Å². The minimum Gasteiger partial charge on any atom is -0.497 e. The maximum absolute atomic E-state index is 12.9. The van der Waals surface area contributed by atoms with Gasteiger partial charge in [0.05, 0.1) is 25.8 Å². The third kappa shape index (κ3) is 5.42. The number of nitrogens with one attached hydrogen (secondary N) is 1. The van der Waals surface area contributed by atoms with Crippen LogP contribution in [0.3, 0.4) is 0 Å². The Hall–Kier alpha value is -3.61. The largest absolute Gasteiger partial charge is 0.497 e. The molecule has 7 nitrogen and oxygen atoms in total. The molecule has 0 aliphatic carbocycles. The number of hydrogen-bond donors (Lipinski definition) is 1. The van der Waals surface area contributed by atoms with Crippen molar-refractivity contribution in [2.75, 3.05) is 32.2 Å². The maximum atomic E-state index is 12.9. The Morgan fingerprint density at radius 2 is 1.88 bits per heavy atom. The molecule has 2 heterocycles. The SMILES string of the molecule is COc1ccc(CNC(=O)C2CCCN(c3ccc(-c4ccc(C)cc4)nn3)C2)c(OC)c1. The monoisotopic (exact) mass is 446 g/mol. The summed E-state index contributed by atoms with van der Waals surface area (Å²) in [4.78, 5) is 15.0. The van der Waals surface area contributed by atoms with Crippen LogP contribution in [-0.2, 0) is 11.3 Å². The van der Waals surface area contributed by atoms with Gasteiger partial charge in [0, 0.05) is 36.8 Å². The summed E-state index contributed by atoms with van der Waals surface area (Å²) in [6, 6.07) is 17.8. The van der Waals surface area contributed by atoms with Crippen LogP contribution in [0.15, 0.2) is 54.6 Å². The Bertz CT molecular complexity index is 1080. The number of methoxy groups -OCH3 is 2. The van der Waals surface area contributed by atoms with Crippen LogP contribution in [0.1, 0.15) is 24.0 Å². The van der Waals surface area contributed by atoms with Crippen LogP contribution in [0.2, 0.25) is 0 Å². The van der Waals surface area contributed by atoms with E-state index in [4.69, 9.17) is 9.47 Å². The highest BCUT2D eigenvalue weighted by Crippen LogP contribution is 2.26. The van der Waals surface area contributed by atoms with Crippen LogP contribution in [-0.4, -0.2) is 43.4 Å². The van der Waals surface area contributed by atoms with Crippen LogP contribution in [0, 0.1) is 12.8 Å². The first-order chi connectivity index (χ1) is 16.1. The topological polar surface area (TPSA) is 76.6 Å². The van der Waals surface area contributed by atoms with Crippen molar-refractivity contribution in [2.24, 2.45) is 5.92 Å². The van der Waals surface area contributed by atoms with Crippen molar-refractivity contribution in [1.29, 1.82) is 0 Å². The zero-order chi connectivity index (χ0) is 23.2. The van der Waals surface area contributed by atoms with Crippen molar-refractivity contribution < 1.29 is 14.3 Å². The molecule has 2 aromatic carbocycles. The lowest BCUT2D eigenvalue weighted by molar-refractivity contribution is -0.125. The Morgan fingerprint density at radius 3 is 2.58 bits per heavy atom. The molecule has 4 rings (SSSR count). The molecule has 1 N–H and O–H groups in total. The summed E-state index contributed by atoms with van der Waals surface area (Å²) >= 11 is 0. The van der Waals surface area contributed by atoms with Gasteiger partial charge < -0.3 is 19.7 Å². The number of ether oxygens (including phenoxy) is 2. The molecule has 3 aromatic rings. The summed E-state index contributed by atoms with van der Waals surface area (Å²) in [5.41, 5.74) is 4.02. The number of piperidine rings is 1. The first-order valence-corrected chi connectivity index (χ1v) is 11.2. The first kappa shape index (κ1) is 22.6. The summed E-state index contributed by atoms with van der Waals surface area (Å²) in [5, 5.41) is 11.9. The third-order valence-corrected chi connectivity index (χ3v) is 6.06. The number of rotatable bonds is 7. The van der Waals surface area contributed by atoms with Gasteiger partial charge in [-0.1, -0.05) is 29.8 Å². The number of carbonyl (C=O) groups excluding carboxylic acids is 1. The molecule has 1 aromatic heterocycles. The molecule has 0 spiro atoms. The van der Waals surface area contributed by atoms with E-state index in [2.05, 4.69) is 51.6 Å². The first-order valence-electron chi connectivity index (χ1n) is 11.2. The predicted molar refractivity (Wildman–Crippen MR) is 129 cm³/mol. The van der Waals surface area contributed by atoms with E-state index >= 15 is 0 Å². The molecular formula is C26H30N4O3. The van der Waals surface area contributed by atoms with Crippen LogP contribution in [0.5, 0.6) is 11.5 Å². The van der Waals surface area contributed by atoms with Gasteiger partial charge in [0.2, 0.25) is 5.91 Å². The fourth-order valence-electron chi connectivity index (χ4n) is 4.10. The van der Waals surface area contributed by atoms with E-state index in [0.717, 1.165) is 47.8 Å². The molecule has 1 amide bonds.